The molecule has 1 atom stereocenters. The fourth-order valence-electron chi connectivity index (χ4n) is 1.88. The van der Waals surface area contributed by atoms with E-state index in [0.29, 0.717) is 5.02 Å². The molecule has 0 saturated carbocycles. The lowest BCUT2D eigenvalue weighted by molar-refractivity contribution is 0.264. The summed E-state index contributed by atoms with van der Waals surface area (Å²) in [4.78, 5) is 0. The molecule has 0 bridgehead atoms. The van der Waals surface area contributed by atoms with Crippen LogP contribution in [0.5, 0.6) is 0 Å². The normalized spacial score (nSPS) is 12.6. The summed E-state index contributed by atoms with van der Waals surface area (Å²) in [7, 11) is 1.89. The molecule has 0 spiro atoms. The van der Waals surface area contributed by atoms with Crippen molar-refractivity contribution in [3.63, 3.8) is 0 Å². The van der Waals surface area contributed by atoms with E-state index in [0.717, 1.165) is 17.5 Å². The molecule has 3 nitrogen and oxygen atoms in total. The van der Waals surface area contributed by atoms with Crippen molar-refractivity contribution in [3.05, 3.63) is 52.8 Å². The maximum Gasteiger partial charge on any atom is 0.0521 e. The third-order valence-corrected chi connectivity index (χ3v) is 3.05. The first-order valence-corrected chi connectivity index (χ1v) is 5.90. The Labute approximate surface area is 106 Å². The molecule has 90 valence electrons. The first-order chi connectivity index (χ1) is 8.19. The van der Waals surface area contributed by atoms with E-state index < -0.39 is 0 Å². The topological polar surface area (TPSA) is 38.0 Å². The Morgan fingerprint density at radius 1 is 1.35 bits per heavy atom. The molecule has 0 amide bonds. The van der Waals surface area contributed by atoms with E-state index in [2.05, 4.69) is 5.10 Å². The molecule has 0 saturated heterocycles. The largest absolute Gasteiger partial charge is 0.396 e. The average molecular weight is 251 g/mol. The van der Waals surface area contributed by atoms with Gasteiger partial charge < -0.3 is 5.11 Å². The van der Waals surface area contributed by atoms with Gasteiger partial charge >= 0.3 is 0 Å². The highest BCUT2D eigenvalue weighted by atomic mass is 35.5. The molecule has 0 aliphatic heterocycles. The third kappa shape index (κ3) is 3.08. The van der Waals surface area contributed by atoms with Crippen LogP contribution in [0.2, 0.25) is 5.02 Å². The van der Waals surface area contributed by atoms with Crippen molar-refractivity contribution in [2.24, 2.45) is 7.05 Å². The van der Waals surface area contributed by atoms with Crippen molar-refractivity contribution in [2.45, 2.75) is 12.3 Å². The predicted octanol–water partition coefficient (Wildman–Crippen LogP) is 2.39. The number of halogens is 1. The highest BCUT2D eigenvalue weighted by Gasteiger charge is 2.12. The number of nitrogens with zero attached hydrogens (tertiary/aromatic N) is 2. The van der Waals surface area contributed by atoms with Gasteiger partial charge in [0.1, 0.15) is 0 Å². The van der Waals surface area contributed by atoms with E-state index in [4.69, 9.17) is 11.6 Å². The van der Waals surface area contributed by atoms with Crippen LogP contribution >= 0.6 is 11.6 Å². The zero-order valence-electron chi connectivity index (χ0n) is 9.68. The summed E-state index contributed by atoms with van der Waals surface area (Å²) in [6, 6.07) is 7.62. The SMILES string of the molecule is Cn1cc(CC(CO)c2ccc(Cl)cc2)cn1. The quantitative estimate of drug-likeness (QED) is 0.905. The van der Waals surface area contributed by atoms with Crippen molar-refractivity contribution in [1.82, 2.24) is 9.78 Å². The predicted molar refractivity (Wildman–Crippen MR) is 68.2 cm³/mol. The maximum absolute atomic E-state index is 9.46. The Balaban J connectivity index is 2.13. The Hall–Kier alpha value is -1.32. The van der Waals surface area contributed by atoms with Gasteiger partial charge in [-0.1, -0.05) is 23.7 Å². The summed E-state index contributed by atoms with van der Waals surface area (Å²) in [6.07, 6.45) is 4.59. The molecule has 1 aromatic carbocycles. The van der Waals surface area contributed by atoms with Gasteiger partial charge in [-0.2, -0.15) is 5.10 Å². The minimum Gasteiger partial charge on any atom is -0.396 e. The van der Waals surface area contributed by atoms with Gasteiger partial charge in [0.15, 0.2) is 0 Å². The van der Waals surface area contributed by atoms with E-state index in [1.807, 2.05) is 43.7 Å². The van der Waals surface area contributed by atoms with Gasteiger partial charge in [0.05, 0.1) is 12.8 Å². The standard InChI is InChI=1S/C13H15ClN2O/c1-16-8-10(7-15-16)6-12(9-17)11-2-4-13(14)5-3-11/h2-5,7-8,12,17H,6,9H2,1H3. The van der Waals surface area contributed by atoms with E-state index in [1.165, 1.54) is 0 Å². The van der Waals surface area contributed by atoms with Crippen LogP contribution in [-0.2, 0) is 13.5 Å². The second kappa shape index (κ2) is 5.34. The van der Waals surface area contributed by atoms with Gasteiger partial charge in [-0.05, 0) is 29.7 Å². The molecule has 1 N–H and O–H groups in total. The second-order valence-corrected chi connectivity index (χ2v) is 4.59. The average Bonchev–Trinajstić information content (AvgIpc) is 2.73. The monoisotopic (exact) mass is 250 g/mol. The Morgan fingerprint density at radius 2 is 2.06 bits per heavy atom. The van der Waals surface area contributed by atoms with Crippen LogP contribution in [-0.4, -0.2) is 21.5 Å². The Morgan fingerprint density at radius 3 is 2.59 bits per heavy atom. The number of rotatable bonds is 4. The number of hydrogen-bond donors (Lipinski definition) is 1. The number of aromatic nitrogens is 2. The molecule has 0 fully saturated rings. The molecule has 0 aliphatic carbocycles. The molecule has 17 heavy (non-hydrogen) atoms. The van der Waals surface area contributed by atoms with Crippen molar-refractivity contribution in [1.29, 1.82) is 0 Å². The molecule has 1 unspecified atom stereocenters. The third-order valence-electron chi connectivity index (χ3n) is 2.80. The summed E-state index contributed by atoms with van der Waals surface area (Å²) in [5, 5.41) is 14.3. The smallest absolute Gasteiger partial charge is 0.0521 e. The molecule has 2 rings (SSSR count). The lowest BCUT2D eigenvalue weighted by Crippen LogP contribution is -2.07. The lowest BCUT2D eigenvalue weighted by atomic mass is 9.94. The minimum absolute atomic E-state index is 0.0940. The highest BCUT2D eigenvalue weighted by Crippen LogP contribution is 2.22. The molecule has 4 heteroatoms. The fourth-order valence-corrected chi connectivity index (χ4v) is 2.01. The van der Waals surface area contributed by atoms with Gasteiger partial charge in [-0.25, -0.2) is 0 Å². The van der Waals surface area contributed by atoms with Crippen LogP contribution in [0.4, 0.5) is 0 Å². The number of aliphatic hydroxyl groups excluding tert-OH is 1. The van der Waals surface area contributed by atoms with Crippen LogP contribution in [0.1, 0.15) is 17.0 Å². The van der Waals surface area contributed by atoms with E-state index in [1.54, 1.807) is 4.68 Å². The van der Waals surface area contributed by atoms with Crippen molar-refractivity contribution in [2.75, 3.05) is 6.61 Å². The molecule has 1 heterocycles. The summed E-state index contributed by atoms with van der Waals surface area (Å²) in [5.41, 5.74) is 2.22. The number of hydrogen-bond acceptors (Lipinski definition) is 2. The summed E-state index contributed by atoms with van der Waals surface area (Å²) >= 11 is 5.85. The molecule has 0 aliphatic rings. The zero-order valence-corrected chi connectivity index (χ0v) is 10.4. The van der Waals surface area contributed by atoms with Gasteiger partial charge in [0.2, 0.25) is 0 Å². The van der Waals surface area contributed by atoms with Gasteiger partial charge in [-0.3, -0.25) is 4.68 Å². The first kappa shape index (κ1) is 12.1. The summed E-state index contributed by atoms with van der Waals surface area (Å²) in [6.45, 7) is 0.122. The maximum atomic E-state index is 9.46. The Bertz CT molecular complexity index is 478. The van der Waals surface area contributed by atoms with Gasteiger partial charge in [0, 0.05) is 24.2 Å². The van der Waals surface area contributed by atoms with Gasteiger partial charge in [-0.15, -0.1) is 0 Å². The van der Waals surface area contributed by atoms with E-state index >= 15 is 0 Å². The van der Waals surface area contributed by atoms with E-state index in [9.17, 15) is 5.11 Å². The van der Waals surface area contributed by atoms with Crippen LogP contribution in [0.15, 0.2) is 36.7 Å². The summed E-state index contributed by atoms with van der Waals surface area (Å²) < 4.78 is 1.77. The molecule has 1 aromatic heterocycles. The lowest BCUT2D eigenvalue weighted by Gasteiger charge is -2.13. The van der Waals surface area contributed by atoms with Crippen molar-refractivity contribution in [3.8, 4) is 0 Å². The first-order valence-electron chi connectivity index (χ1n) is 5.53. The van der Waals surface area contributed by atoms with Crippen LogP contribution in [0, 0.1) is 0 Å². The fraction of sp³-hybridized carbons (Fsp3) is 0.308. The number of aryl methyl sites for hydroxylation is 1. The number of aliphatic hydroxyl groups is 1. The molecular formula is C13H15ClN2O. The molecular weight excluding hydrogens is 236 g/mol. The Kier molecular flexibility index (Phi) is 3.82. The molecule has 0 radical (unpaired) electrons. The van der Waals surface area contributed by atoms with Crippen LogP contribution in [0.25, 0.3) is 0 Å². The minimum atomic E-state index is 0.0940. The highest BCUT2D eigenvalue weighted by molar-refractivity contribution is 6.30. The number of benzene rings is 1. The zero-order chi connectivity index (χ0) is 12.3. The van der Waals surface area contributed by atoms with Crippen molar-refractivity contribution >= 4 is 11.6 Å². The molecule has 2 aromatic rings. The van der Waals surface area contributed by atoms with E-state index in [-0.39, 0.29) is 12.5 Å². The van der Waals surface area contributed by atoms with Crippen molar-refractivity contribution < 1.29 is 5.11 Å². The van der Waals surface area contributed by atoms with Crippen LogP contribution < -0.4 is 0 Å². The summed E-state index contributed by atoms with van der Waals surface area (Å²) in [5.74, 6) is 0.0940. The van der Waals surface area contributed by atoms with Gasteiger partial charge in [0.25, 0.3) is 0 Å². The van der Waals surface area contributed by atoms with Crippen LogP contribution in [0.3, 0.4) is 0 Å². The second-order valence-electron chi connectivity index (χ2n) is 4.16.